The Bertz CT molecular complexity index is 1110. The minimum absolute atomic E-state index is 0.0554. The summed E-state index contributed by atoms with van der Waals surface area (Å²) in [5.41, 5.74) is 1.45. The molecule has 0 saturated heterocycles. The number of hydrogen-bond acceptors (Lipinski definition) is 5. The predicted octanol–water partition coefficient (Wildman–Crippen LogP) is 2.68. The number of aromatic nitrogens is 2. The summed E-state index contributed by atoms with van der Waals surface area (Å²) >= 11 is 5.63. The highest BCUT2D eigenvalue weighted by molar-refractivity contribution is 7.89. The first-order chi connectivity index (χ1) is 13.8. The van der Waals surface area contributed by atoms with Crippen LogP contribution in [0.25, 0.3) is 0 Å². The van der Waals surface area contributed by atoms with Crippen LogP contribution in [0.15, 0.2) is 65.8 Å². The molecule has 0 aliphatic heterocycles. The summed E-state index contributed by atoms with van der Waals surface area (Å²) in [6.07, 6.45) is 3.03. The molecule has 0 radical (unpaired) electrons. The van der Waals surface area contributed by atoms with Gasteiger partial charge in [0.2, 0.25) is 10.0 Å². The summed E-state index contributed by atoms with van der Waals surface area (Å²) in [4.78, 5) is 20.1. The number of carbonyl (C=O) groups is 1. The van der Waals surface area contributed by atoms with Gasteiger partial charge in [-0.3, -0.25) is 14.8 Å². The Morgan fingerprint density at radius 1 is 1.07 bits per heavy atom. The van der Waals surface area contributed by atoms with Crippen molar-refractivity contribution in [3.05, 3.63) is 88.7 Å². The summed E-state index contributed by atoms with van der Waals surface area (Å²) in [5.74, 6) is -1.07. The Morgan fingerprint density at radius 3 is 2.55 bits per heavy atom. The van der Waals surface area contributed by atoms with E-state index in [4.69, 9.17) is 11.6 Å². The van der Waals surface area contributed by atoms with Crippen LogP contribution in [-0.2, 0) is 23.1 Å². The summed E-state index contributed by atoms with van der Waals surface area (Å²) in [5, 5.41) is 2.42. The van der Waals surface area contributed by atoms with Crippen molar-refractivity contribution in [1.29, 1.82) is 0 Å². The zero-order valence-corrected chi connectivity index (χ0v) is 16.5. The smallest absolute Gasteiger partial charge is 0.270 e. The number of halogens is 2. The van der Waals surface area contributed by atoms with Gasteiger partial charge in [0.05, 0.1) is 22.2 Å². The molecule has 3 rings (SSSR count). The number of benzene rings is 1. The number of amides is 1. The van der Waals surface area contributed by atoms with E-state index in [1.54, 1.807) is 24.4 Å². The normalized spacial score (nSPS) is 11.2. The maximum Gasteiger partial charge on any atom is 0.270 e. The SMILES string of the molecule is O=C(NCc1ccccn1)c1ccc(CNS(=O)(=O)c2ccc(F)c(Cl)c2)cn1. The standard InChI is InChI=1S/C19H16ClFN4O3S/c20-16-9-15(5-6-17(16)21)29(27,28)25-11-13-4-7-18(23-10-13)19(26)24-12-14-3-1-2-8-22-14/h1-10,25H,11-12H2,(H,24,26). The van der Waals surface area contributed by atoms with Gasteiger partial charge in [-0.2, -0.15) is 0 Å². The number of pyridine rings is 2. The second-order valence-corrected chi connectivity index (χ2v) is 8.13. The van der Waals surface area contributed by atoms with E-state index in [1.165, 1.54) is 12.3 Å². The molecule has 10 heteroatoms. The molecule has 0 atom stereocenters. The van der Waals surface area contributed by atoms with E-state index in [1.807, 2.05) is 6.07 Å². The van der Waals surface area contributed by atoms with Gasteiger partial charge in [0.15, 0.2) is 0 Å². The second-order valence-electron chi connectivity index (χ2n) is 5.96. The first kappa shape index (κ1) is 20.8. The number of carbonyl (C=O) groups excluding carboxylic acids is 1. The molecule has 0 fully saturated rings. The van der Waals surface area contributed by atoms with Crippen LogP contribution < -0.4 is 10.0 Å². The topological polar surface area (TPSA) is 101 Å². The molecule has 0 saturated carbocycles. The van der Waals surface area contributed by atoms with Crippen LogP contribution >= 0.6 is 11.6 Å². The van der Waals surface area contributed by atoms with Crippen molar-refractivity contribution >= 4 is 27.5 Å². The van der Waals surface area contributed by atoms with E-state index >= 15 is 0 Å². The first-order valence-electron chi connectivity index (χ1n) is 8.43. The summed E-state index contributed by atoms with van der Waals surface area (Å²) in [7, 11) is -3.88. The summed E-state index contributed by atoms with van der Waals surface area (Å²) in [6.45, 7) is 0.212. The highest BCUT2D eigenvalue weighted by atomic mass is 35.5. The zero-order chi connectivity index (χ0) is 20.9. The lowest BCUT2D eigenvalue weighted by molar-refractivity contribution is 0.0945. The number of nitrogens with one attached hydrogen (secondary N) is 2. The van der Waals surface area contributed by atoms with Crippen molar-refractivity contribution in [2.75, 3.05) is 0 Å². The van der Waals surface area contributed by atoms with Gasteiger partial charge in [-0.15, -0.1) is 0 Å². The third-order valence-corrected chi connectivity index (χ3v) is 5.57. The number of nitrogens with zero attached hydrogens (tertiary/aromatic N) is 2. The molecule has 1 aromatic carbocycles. The molecule has 0 bridgehead atoms. The van der Waals surface area contributed by atoms with Crippen molar-refractivity contribution in [1.82, 2.24) is 20.0 Å². The molecule has 2 aromatic heterocycles. The van der Waals surface area contributed by atoms with Crippen LogP contribution in [0.1, 0.15) is 21.7 Å². The minimum atomic E-state index is -3.88. The Kier molecular flexibility index (Phi) is 6.53. The van der Waals surface area contributed by atoms with Gasteiger partial charge >= 0.3 is 0 Å². The van der Waals surface area contributed by atoms with Crippen LogP contribution in [0.4, 0.5) is 4.39 Å². The molecular formula is C19H16ClFN4O3S. The molecule has 29 heavy (non-hydrogen) atoms. The van der Waals surface area contributed by atoms with Gasteiger partial charge in [-0.25, -0.2) is 17.5 Å². The lowest BCUT2D eigenvalue weighted by atomic mass is 10.2. The van der Waals surface area contributed by atoms with Crippen LogP contribution in [0.2, 0.25) is 5.02 Å². The average Bonchev–Trinajstić information content (AvgIpc) is 2.73. The molecule has 7 nitrogen and oxygen atoms in total. The molecule has 3 aromatic rings. The van der Waals surface area contributed by atoms with Crippen molar-refractivity contribution in [3.63, 3.8) is 0 Å². The highest BCUT2D eigenvalue weighted by Gasteiger charge is 2.16. The van der Waals surface area contributed by atoms with Crippen LogP contribution in [-0.4, -0.2) is 24.3 Å². The largest absolute Gasteiger partial charge is 0.345 e. The molecular weight excluding hydrogens is 419 g/mol. The van der Waals surface area contributed by atoms with Gasteiger partial charge in [0.25, 0.3) is 5.91 Å². The lowest BCUT2D eigenvalue weighted by Gasteiger charge is -2.08. The fraction of sp³-hybridized carbons (Fsp3) is 0.105. The summed E-state index contributed by atoms with van der Waals surface area (Å²) < 4.78 is 40.1. The Labute approximate surface area is 172 Å². The van der Waals surface area contributed by atoms with E-state index in [0.29, 0.717) is 11.3 Å². The Balaban J connectivity index is 1.58. The highest BCUT2D eigenvalue weighted by Crippen LogP contribution is 2.19. The van der Waals surface area contributed by atoms with E-state index in [-0.39, 0.29) is 34.6 Å². The van der Waals surface area contributed by atoms with E-state index in [0.717, 1.165) is 18.2 Å². The molecule has 0 aliphatic carbocycles. The number of rotatable bonds is 7. The van der Waals surface area contributed by atoms with Crippen molar-refractivity contribution < 1.29 is 17.6 Å². The van der Waals surface area contributed by atoms with E-state index in [9.17, 15) is 17.6 Å². The van der Waals surface area contributed by atoms with Gasteiger partial charge in [-0.05, 0) is 42.0 Å². The van der Waals surface area contributed by atoms with Crippen molar-refractivity contribution in [3.8, 4) is 0 Å². The van der Waals surface area contributed by atoms with E-state index < -0.39 is 15.8 Å². The third-order valence-electron chi connectivity index (χ3n) is 3.88. The lowest BCUT2D eigenvalue weighted by Crippen LogP contribution is -2.25. The molecule has 2 heterocycles. The van der Waals surface area contributed by atoms with Crippen molar-refractivity contribution in [2.24, 2.45) is 0 Å². The molecule has 0 spiro atoms. The quantitative estimate of drug-likeness (QED) is 0.595. The molecule has 150 valence electrons. The average molecular weight is 435 g/mol. The fourth-order valence-electron chi connectivity index (χ4n) is 2.33. The molecule has 0 aliphatic rings. The minimum Gasteiger partial charge on any atom is -0.345 e. The van der Waals surface area contributed by atoms with Crippen LogP contribution in [0.3, 0.4) is 0 Å². The van der Waals surface area contributed by atoms with Crippen molar-refractivity contribution in [2.45, 2.75) is 18.0 Å². The van der Waals surface area contributed by atoms with Gasteiger partial charge in [0, 0.05) is 18.9 Å². The molecule has 0 unspecified atom stereocenters. The maximum absolute atomic E-state index is 13.2. The molecule has 2 N–H and O–H groups in total. The Morgan fingerprint density at radius 2 is 1.90 bits per heavy atom. The van der Waals surface area contributed by atoms with Gasteiger partial charge < -0.3 is 5.32 Å². The predicted molar refractivity (Wildman–Crippen MR) is 105 cm³/mol. The molecule has 1 amide bonds. The van der Waals surface area contributed by atoms with Gasteiger partial charge in [-0.1, -0.05) is 23.7 Å². The van der Waals surface area contributed by atoms with Crippen LogP contribution in [0, 0.1) is 5.82 Å². The monoisotopic (exact) mass is 434 g/mol. The first-order valence-corrected chi connectivity index (χ1v) is 10.3. The zero-order valence-electron chi connectivity index (χ0n) is 15.0. The maximum atomic E-state index is 13.2. The fourth-order valence-corrected chi connectivity index (χ4v) is 3.62. The Hall–Kier alpha value is -2.88. The van der Waals surface area contributed by atoms with Crippen LogP contribution in [0.5, 0.6) is 0 Å². The third kappa shape index (κ3) is 5.57. The van der Waals surface area contributed by atoms with Gasteiger partial charge in [0.1, 0.15) is 11.5 Å². The number of sulfonamides is 1. The number of hydrogen-bond donors (Lipinski definition) is 2. The van der Waals surface area contributed by atoms with E-state index in [2.05, 4.69) is 20.0 Å². The summed E-state index contributed by atoms with van der Waals surface area (Å²) in [6, 6.07) is 11.6. The second kappa shape index (κ2) is 9.08.